The second-order valence-corrected chi connectivity index (χ2v) is 8.42. The first-order valence-corrected chi connectivity index (χ1v) is 10.8. The van der Waals surface area contributed by atoms with Gasteiger partial charge in [-0.2, -0.15) is 0 Å². The van der Waals surface area contributed by atoms with Gasteiger partial charge in [0.15, 0.2) is 0 Å². The molecule has 0 bridgehead atoms. The van der Waals surface area contributed by atoms with Crippen LogP contribution in [0.3, 0.4) is 0 Å². The molecule has 0 amide bonds. The Balaban J connectivity index is 1.69. The average Bonchev–Trinajstić information content (AvgIpc) is 2.69. The summed E-state index contributed by atoms with van der Waals surface area (Å²) in [5.41, 5.74) is 6.13. The quantitative estimate of drug-likeness (QED) is 0.395. The van der Waals surface area contributed by atoms with Crippen molar-refractivity contribution < 1.29 is 9.47 Å². The highest BCUT2D eigenvalue weighted by Crippen LogP contribution is 2.30. The lowest BCUT2D eigenvalue weighted by Crippen LogP contribution is -2.06. The number of benzene rings is 2. The van der Waals surface area contributed by atoms with Crippen LogP contribution in [0.1, 0.15) is 61.1 Å². The second kappa shape index (κ2) is 9.80. The van der Waals surface area contributed by atoms with E-state index in [1.165, 1.54) is 22.3 Å². The molecule has 30 heavy (non-hydrogen) atoms. The number of pyridine rings is 1. The van der Waals surface area contributed by atoms with Crippen molar-refractivity contribution >= 4 is 0 Å². The topological polar surface area (TPSA) is 31.4 Å². The van der Waals surface area contributed by atoms with Crippen LogP contribution in [0.15, 0.2) is 54.7 Å². The summed E-state index contributed by atoms with van der Waals surface area (Å²) >= 11 is 0. The van der Waals surface area contributed by atoms with Gasteiger partial charge in [0.25, 0.3) is 0 Å². The van der Waals surface area contributed by atoms with Crippen LogP contribution >= 0.6 is 0 Å². The first-order valence-electron chi connectivity index (χ1n) is 10.8. The largest absolute Gasteiger partial charge is 0.491 e. The summed E-state index contributed by atoms with van der Waals surface area (Å²) in [4.78, 5) is 4.60. The molecule has 3 rings (SSSR count). The summed E-state index contributed by atoms with van der Waals surface area (Å²) in [5, 5.41) is 0. The molecule has 0 saturated heterocycles. The molecule has 1 heterocycles. The molecule has 0 saturated carbocycles. The molecule has 1 atom stereocenters. The molecule has 3 heteroatoms. The number of nitrogens with zero attached hydrogens (tertiary/aromatic N) is 1. The van der Waals surface area contributed by atoms with Gasteiger partial charge in [0, 0.05) is 6.20 Å². The smallest absolute Gasteiger partial charge is 0.148 e. The number of aryl methyl sites for hydroxylation is 4. The van der Waals surface area contributed by atoms with Crippen molar-refractivity contribution in [1.82, 2.24) is 4.98 Å². The third kappa shape index (κ3) is 5.63. The lowest BCUT2D eigenvalue weighted by atomic mass is 9.91. The summed E-state index contributed by atoms with van der Waals surface area (Å²) in [7, 11) is 0. The van der Waals surface area contributed by atoms with Crippen LogP contribution in [0.4, 0.5) is 0 Å². The van der Waals surface area contributed by atoms with Crippen molar-refractivity contribution in [1.29, 1.82) is 0 Å². The Morgan fingerprint density at radius 2 is 1.57 bits per heavy atom. The number of hydrogen-bond donors (Lipinski definition) is 0. The highest BCUT2D eigenvalue weighted by molar-refractivity contribution is 5.39. The molecule has 2 aromatic carbocycles. The normalized spacial score (nSPS) is 12.1. The van der Waals surface area contributed by atoms with Gasteiger partial charge in [-0.25, -0.2) is 0 Å². The Morgan fingerprint density at radius 1 is 0.833 bits per heavy atom. The Kier molecular flexibility index (Phi) is 7.15. The van der Waals surface area contributed by atoms with E-state index in [1.54, 1.807) is 0 Å². The SMILES string of the molecule is Cc1ccc(Oc2cccnc2CC[C@@H](C)c2ccc(OC(C)C)cc2C)cc1C. The lowest BCUT2D eigenvalue weighted by Gasteiger charge is -2.18. The van der Waals surface area contributed by atoms with E-state index in [0.29, 0.717) is 5.92 Å². The predicted octanol–water partition coefficient (Wildman–Crippen LogP) is 7.32. The first kappa shape index (κ1) is 21.9. The van der Waals surface area contributed by atoms with Crippen LogP contribution < -0.4 is 9.47 Å². The molecular formula is C27H33NO2. The summed E-state index contributed by atoms with van der Waals surface area (Å²) in [6.45, 7) is 12.8. The van der Waals surface area contributed by atoms with Crippen molar-refractivity contribution in [3.05, 3.63) is 82.7 Å². The van der Waals surface area contributed by atoms with Crippen LogP contribution in [0.25, 0.3) is 0 Å². The van der Waals surface area contributed by atoms with Crippen molar-refractivity contribution in [3.63, 3.8) is 0 Å². The van der Waals surface area contributed by atoms with Crippen molar-refractivity contribution in [2.75, 3.05) is 0 Å². The first-order chi connectivity index (χ1) is 14.3. The van der Waals surface area contributed by atoms with E-state index in [-0.39, 0.29) is 6.10 Å². The molecule has 3 aromatic rings. The fourth-order valence-corrected chi connectivity index (χ4v) is 3.66. The van der Waals surface area contributed by atoms with Gasteiger partial charge in [0.05, 0.1) is 11.8 Å². The predicted molar refractivity (Wildman–Crippen MR) is 124 cm³/mol. The molecule has 0 N–H and O–H groups in total. The molecule has 0 aliphatic carbocycles. The van der Waals surface area contributed by atoms with E-state index in [4.69, 9.17) is 9.47 Å². The number of aromatic nitrogens is 1. The Bertz CT molecular complexity index is 994. The zero-order valence-electron chi connectivity index (χ0n) is 19.0. The molecule has 0 unspecified atom stereocenters. The number of rotatable bonds is 8. The molecule has 3 nitrogen and oxygen atoms in total. The number of ether oxygens (including phenoxy) is 2. The molecule has 0 aliphatic heterocycles. The maximum Gasteiger partial charge on any atom is 0.148 e. The van der Waals surface area contributed by atoms with Gasteiger partial charge in [0.2, 0.25) is 0 Å². The minimum atomic E-state index is 0.188. The van der Waals surface area contributed by atoms with Gasteiger partial charge >= 0.3 is 0 Å². The summed E-state index contributed by atoms with van der Waals surface area (Å²) < 4.78 is 12.0. The third-order valence-electron chi connectivity index (χ3n) is 5.51. The summed E-state index contributed by atoms with van der Waals surface area (Å²) in [6.07, 6.45) is 3.90. The van der Waals surface area contributed by atoms with E-state index >= 15 is 0 Å². The fraction of sp³-hybridized carbons (Fsp3) is 0.370. The third-order valence-corrected chi connectivity index (χ3v) is 5.51. The molecular weight excluding hydrogens is 370 g/mol. The monoisotopic (exact) mass is 403 g/mol. The van der Waals surface area contributed by atoms with Gasteiger partial charge in [-0.3, -0.25) is 4.98 Å². The minimum Gasteiger partial charge on any atom is -0.491 e. The van der Waals surface area contributed by atoms with Crippen LogP contribution in [-0.2, 0) is 6.42 Å². The van der Waals surface area contributed by atoms with Crippen molar-refractivity contribution in [3.8, 4) is 17.2 Å². The molecule has 0 aliphatic rings. The molecule has 1 aromatic heterocycles. The molecule has 0 fully saturated rings. The van der Waals surface area contributed by atoms with E-state index in [2.05, 4.69) is 76.9 Å². The van der Waals surface area contributed by atoms with Gasteiger partial charge in [-0.15, -0.1) is 0 Å². The van der Waals surface area contributed by atoms with Gasteiger partial charge in [0.1, 0.15) is 17.2 Å². The van der Waals surface area contributed by atoms with Crippen LogP contribution in [0.5, 0.6) is 17.2 Å². The van der Waals surface area contributed by atoms with Crippen molar-refractivity contribution in [2.45, 2.75) is 66.4 Å². The Hall–Kier alpha value is -2.81. The average molecular weight is 404 g/mol. The highest BCUT2D eigenvalue weighted by Gasteiger charge is 2.13. The highest BCUT2D eigenvalue weighted by atomic mass is 16.5. The molecule has 158 valence electrons. The van der Waals surface area contributed by atoms with E-state index in [9.17, 15) is 0 Å². The summed E-state index contributed by atoms with van der Waals surface area (Å²) in [5.74, 6) is 3.06. The summed E-state index contributed by atoms with van der Waals surface area (Å²) in [6, 6.07) is 16.5. The van der Waals surface area contributed by atoms with E-state index in [1.807, 2.05) is 24.4 Å². The lowest BCUT2D eigenvalue weighted by molar-refractivity contribution is 0.242. The molecule has 0 radical (unpaired) electrons. The van der Waals surface area contributed by atoms with Gasteiger partial charge in [-0.05, 0) is 112 Å². The number of hydrogen-bond acceptors (Lipinski definition) is 3. The Morgan fingerprint density at radius 3 is 2.27 bits per heavy atom. The van der Waals surface area contributed by atoms with E-state index in [0.717, 1.165) is 35.8 Å². The zero-order chi connectivity index (χ0) is 21.7. The fourth-order valence-electron chi connectivity index (χ4n) is 3.66. The van der Waals surface area contributed by atoms with Crippen LogP contribution in [-0.4, -0.2) is 11.1 Å². The van der Waals surface area contributed by atoms with Crippen molar-refractivity contribution in [2.24, 2.45) is 0 Å². The maximum atomic E-state index is 6.18. The molecule has 0 spiro atoms. The van der Waals surface area contributed by atoms with E-state index < -0.39 is 0 Å². The van der Waals surface area contributed by atoms with Gasteiger partial charge in [-0.1, -0.05) is 19.1 Å². The minimum absolute atomic E-state index is 0.188. The van der Waals surface area contributed by atoms with Crippen LogP contribution in [0, 0.1) is 20.8 Å². The van der Waals surface area contributed by atoms with Crippen LogP contribution in [0.2, 0.25) is 0 Å². The standard InChI is InChI=1S/C27H33NO2/c1-18(2)29-23-12-13-25(22(6)17-23)20(4)10-14-26-27(8-7-15-28-26)30-24-11-9-19(3)21(5)16-24/h7-9,11-13,15-18,20H,10,14H2,1-6H3/t20-/m1/s1. The Labute approximate surface area is 181 Å². The van der Waals surface area contributed by atoms with Gasteiger partial charge < -0.3 is 9.47 Å². The zero-order valence-corrected chi connectivity index (χ0v) is 19.0. The maximum absolute atomic E-state index is 6.18. The second-order valence-electron chi connectivity index (χ2n) is 8.42.